The fourth-order valence-electron chi connectivity index (χ4n) is 1.80. The molecule has 1 saturated heterocycles. The molecule has 1 fully saturated rings. The van der Waals surface area contributed by atoms with Crippen LogP contribution in [0.2, 0.25) is 0 Å². The van der Waals surface area contributed by atoms with E-state index in [-0.39, 0.29) is 5.91 Å². The van der Waals surface area contributed by atoms with Crippen molar-refractivity contribution in [2.24, 2.45) is 0 Å². The monoisotopic (exact) mass is 305 g/mol. The Balaban J connectivity index is 2.23. The Bertz CT molecular complexity index is 581. The Labute approximate surface area is 128 Å². The van der Waals surface area contributed by atoms with E-state index in [1.54, 1.807) is 11.0 Å². The largest absolute Gasteiger partial charge is 0.494 e. The van der Waals surface area contributed by atoms with Gasteiger partial charge in [-0.2, -0.15) is 0 Å². The highest BCUT2D eigenvalue weighted by atomic mass is 32.2. The Hall–Kier alpha value is -1.59. The average molecular weight is 305 g/mol. The van der Waals surface area contributed by atoms with Crippen LogP contribution in [0.4, 0.5) is 0 Å². The van der Waals surface area contributed by atoms with Crippen molar-refractivity contribution in [3.63, 3.8) is 0 Å². The van der Waals surface area contributed by atoms with Gasteiger partial charge in [0.1, 0.15) is 10.1 Å². The highest BCUT2D eigenvalue weighted by Gasteiger charge is 2.30. The zero-order chi connectivity index (χ0) is 14.5. The summed E-state index contributed by atoms with van der Waals surface area (Å²) < 4.78 is 6.02. The molecule has 1 aliphatic rings. The van der Waals surface area contributed by atoms with E-state index in [1.807, 2.05) is 37.3 Å². The predicted molar refractivity (Wildman–Crippen MR) is 87.7 cm³/mol. The number of ether oxygens (including phenoxy) is 1. The van der Waals surface area contributed by atoms with Gasteiger partial charge >= 0.3 is 0 Å². The lowest BCUT2D eigenvalue weighted by atomic mass is 10.2. The summed E-state index contributed by atoms with van der Waals surface area (Å²) in [5, 5.41) is 0. The second-order valence-electron chi connectivity index (χ2n) is 4.09. The summed E-state index contributed by atoms with van der Waals surface area (Å²) in [6, 6.07) is 7.64. The van der Waals surface area contributed by atoms with Gasteiger partial charge in [0.25, 0.3) is 5.91 Å². The van der Waals surface area contributed by atoms with Crippen LogP contribution in [0.25, 0.3) is 6.08 Å². The lowest BCUT2D eigenvalue weighted by Gasteiger charge is -2.10. The second kappa shape index (κ2) is 6.72. The lowest BCUT2D eigenvalue weighted by molar-refractivity contribution is -0.121. The van der Waals surface area contributed by atoms with Gasteiger partial charge in [0.15, 0.2) is 0 Å². The van der Waals surface area contributed by atoms with Gasteiger partial charge in [0.05, 0.1) is 11.5 Å². The van der Waals surface area contributed by atoms with Crippen LogP contribution < -0.4 is 4.74 Å². The van der Waals surface area contributed by atoms with Crippen LogP contribution >= 0.6 is 24.0 Å². The average Bonchev–Trinajstić information content (AvgIpc) is 2.68. The third kappa shape index (κ3) is 3.29. The van der Waals surface area contributed by atoms with Crippen molar-refractivity contribution in [1.29, 1.82) is 0 Å². The molecule has 0 bridgehead atoms. The number of rotatable bonds is 5. The maximum atomic E-state index is 12.2. The van der Waals surface area contributed by atoms with Gasteiger partial charge in [0, 0.05) is 6.54 Å². The van der Waals surface area contributed by atoms with Crippen molar-refractivity contribution in [1.82, 2.24) is 4.90 Å². The van der Waals surface area contributed by atoms with Crippen LogP contribution in [0, 0.1) is 0 Å². The molecule has 1 heterocycles. The van der Waals surface area contributed by atoms with Crippen molar-refractivity contribution in [3.05, 3.63) is 47.4 Å². The smallest absolute Gasteiger partial charge is 0.266 e. The summed E-state index contributed by atoms with van der Waals surface area (Å²) in [6.45, 7) is 6.63. The van der Waals surface area contributed by atoms with E-state index in [0.717, 1.165) is 11.3 Å². The van der Waals surface area contributed by atoms with Gasteiger partial charge in [-0.15, -0.1) is 6.58 Å². The van der Waals surface area contributed by atoms with Crippen LogP contribution in [-0.2, 0) is 4.79 Å². The molecule has 0 spiro atoms. The zero-order valence-corrected chi connectivity index (χ0v) is 12.8. The van der Waals surface area contributed by atoms with E-state index in [2.05, 4.69) is 6.58 Å². The Morgan fingerprint density at radius 3 is 3.00 bits per heavy atom. The highest BCUT2D eigenvalue weighted by Crippen LogP contribution is 2.32. The second-order valence-corrected chi connectivity index (χ2v) is 5.76. The Kier molecular flexibility index (Phi) is 4.98. The molecule has 0 radical (unpaired) electrons. The molecule has 0 atom stereocenters. The first-order valence-corrected chi connectivity index (χ1v) is 7.47. The number of nitrogens with zero attached hydrogens (tertiary/aromatic N) is 1. The SMILES string of the molecule is C=CCN1C(=O)/C(=C\c2cccc(OCC)c2)SC1=S. The molecule has 1 aromatic rings. The van der Waals surface area contributed by atoms with E-state index >= 15 is 0 Å². The molecule has 0 aromatic heterocycles. The summed E-state index contributed by atoms with van der Waals surface area (Å²) >= 11 is 6.51. The molecule has 3 nitrogen and oxygen atoms in total. The first-order chi connectivity index (χ1) is 9.65. The Morgan fingerprint density at radius 2 is 2.30 bits per heavy atom. The maximum absolute atomic E-state index is 12.2. The van der Waals surface area contributed by atoms with Crippen molar-refractivity contribution in [3.8, 4) is 5.75 Å². The topological polar surface area (TPSA) is 29.5 Å². The minimum absolute atomic E-state index is 0.0679. The van der Waals surface area contributed by atoms with Gasteiger partial charge in [-0.1, -0.05) is 42.2 Å². The molecule has 20 heavy (non-hydrogen) atoms. The van der Waals surface area contributed by atoms with E-state index in [9.17, 15) is 4.79 Å². The molecule has 104 valence electrons. The number of carbonyl (C=O) groups is 1. The summed E-state index contributed by atoms with van der Waals surface area (Å²) in [6.07, 6.45) is 3.51. The van der Waals surface area contributed by atoms with E-state index < -0.39 is 0 Å². The van der Waals surface area contributed by atoms with Crippen LogP contribution in [0.3, 0.4) is 0 Å². The molecular weight excluding hydrogens is 290 g/mol. The normalized spacial score (nSPS) is 16.9. The fourth-order valence-corrected chi connectivity index (χ4v) is 3.07. The number of carbonyl (C=O) groups excluding carboxylic acids is 1. The van der Waals surface area contributed by atoms with Crippen LogP contribution in [0.1, 0.15) is 12.5 Å². The summed E-state index contributed by atoms with van der Waals surface area (Å²) in [5.74, 6) is 0.726. The quantitative estimate of drug-likeness (QED) is 0.473. The highest BCUT2D eigenvalue weighted by molar-refractivity contribution is 8.26. The van der Waals surface area contributed by atoms with Crippen LogP contribution in [-0.4, -0.2) is 28.3 Å². The molecule has 0 aliphatic carbocycles. The number of thiocarbonyl (C=S) groups is 1. The lowest BCUT2D eigenvalue weighted by Crippen LogP contribution is -2.27. The third-order valence-corrected chi connectivity index (χ3v) is 4.03. The number of hydrogen-bond acceptors (Lipinski definition) is 4. The molecule has 1 aliphatic heterocycles. The molecule has 5 heteroatoms. The van der Waals surface area contributed by atoms with Crippen molar-refractivity contribution in [2.45, 2.75) is 6.92 Å². The van der Waals surface area contributed by atoms with Crippen molar-refractivity contribution >= 4 is 40.3 Å². The van der Waals surface area contributed by atoms with Gasteiger partial charge < -0.3 is 4.74 Å². The summed E-state index contributed by atoms with van der Waals surface area (Å²) in [5.41, 5.74) is 0.926. The molecule has 0 saturated carbocycles. The molecular formula is C15H15NO2S2. The van der Waals surface area contributed by atoms with Gasteiger partial charge in [0.2, 0.25) is 0 Å². The van der Waals surface area contributed by atoms with Gasteiger partial charge in [-0.25, -0.2) is 0 Å². The molecule has 1 amide bonds. The van der Waals surface area contributed by atoms with Crippen LogP contribution in [0.5, 0.6) is 5.75 Å². The first-order valence-electron chi connectivity index (χ1n) is 6.25. The van der Waals surface area contributed by atoms with E-state index in [0.29, 0.717) is 22.4 Å². The third-order valence-electron chi connectivity index (χ3n) is 2.65. The van der Waals surface area contributed by atoms with Crippen molar-refractivity contribution in [2.75, 3.05) is 13.2 Å². The number of amides is 1. The van der Waals surface area contributed by atoms with Crippen LogP contribution in [0.15, 0.2) is 41.8 Å². The van der Waals surface area contributed by atoms with Gasteiger partial charge in [-0.3, -0.25) is 9.69 Å². The molecule has 1 aromatic carbocycles. The summed E-state index contributed by atoms with van der Waals surface area (Å²) in [7, 11) is 0. The van der Waals surface area contributed by atoms with Crippen molar-refractivity contribution < 1.29 is 9.53 Å². The summed E-state index contributed by atoms with van der Waals surface area (Å²) in [4.78, 5) is 14.4. The minimum Gasteiger partial charge on any atom is -0.494 e. The molecule has 0 unspecified atom stereocenters. The molecule has 0 N–H and O–H groups in total. The maximum Gasteiger partial charge on any atom is 0.266 e. The fraction of sp³-hybridized carbons (Fsp3) is 0.200. The molecule has 2 rings (SSSR count). The number of thioether (sulfide) groups is 1. The Morgan fingerprint density at radius 1 is 1.50 bits per heavy atom. The first kappa shape index (κ1) is 14.8. The van der Waals surface area contributed by atoms with E-state index in [4.69, 9.17) is 17.0 Å². The minimum atomic E-state index is -0.0679. The number of hydrogen-bond donors (Lipinski definition) is 0. The van der Waals surface area contributed by atoms with Gasteiger partial charge in [-0.05, 0) is 30.7 Å². The standard InChI is InChI=1S/C15H15NO2S2/c1-3-8-16-14(17)13(20-15(16)19)10-11-6-5-7-12(9-11)18-4-2/h3,5-7,9-10H,1,4,8H2,2H3/b13-10+. The predicted octanol–water partition coefficient (Wildman–Crippen LogP) is 3.47. The number of benzene rings is 1. The van der Waals surface area contributed by atoms with E-state index in [1.165, 1.54) is 11.8 Å². The zero-order valence-electron chi connectivity index (χ0n) is 11.2.